The van der Waals surface area contributed by atoms with Gasteiger partial charge in [0.15, 0.2) is 0 Å². The van der Waals surface area contributed by atoms with Crippen LogP contribution in [-0.4, -0.2) is 44.3 Å². The van der Waals surface area contributed by atoms with Crippen molar-refractivity contribution in [2.45, 2.75) is 19.6 Å². The zero-order chi connectivity index (χ0) is 13.0. The minimum atomic E-state index is 0.313. The van der Waals surface area contributed by atoms with Gasteiger partial charge >= 0.3 is 0 Å². The van der Waals surface area contributed by atoms with Gasteiger partial charge < -0.3 is 10.1 Å². The molecule has 1 unspecified atom stereocenters. The smallest absolute Gasteiger partial charge is 0.0826 e. The molecule has 18 heavy (non-hydrogen) atoms. The second-order valence-corrected chi connectivity index (χ2v) is 5.84. The van der Waals surface area contributed by atoms with Crippen LogP contribution in [0.25, 0.3) is 0 Å². The molecule has 1 fully saturated rings. The van der Waals surface area contributed by atoms with Crippen molar-refractivity contribution in [3.05, 3.63) is 33.8 Å². The van der Waals surface area contributed by atoms with Crippen LogP contribution in [0.1, 0.15) is 11.1 Å². The predicted molar refractivity (Wildman–Crippen MR) is 77.8 cm³/mol. The van der Waals surface area contributed by atoms with Gasteiger partial charge in [-0.2, -0.15) is 0 Å². The summed E-state index contributed by atoms with van der Waals surface area (Å²) in [4.78, 5) is 2.31. The average Bonchev–Trinajstić information content (AvgIpc) is 2.34. The van der Waals surface area contributed by atoms with Crippen LogP contribution < -0.4 is 5.32 Å². The highest BCUT2D eigenvalue weighted by Gasteiger charge is 2.15. The Bertz CT molecular complexity index is 391. The van der Waals surface area contributed by atoms with Crippen LogP contribution in [0.2, 0.25) is 0 Å². The van der Waals surface area contributed by atoms with Gasteiger partial charge in [0.1, 0.15) is 0 Å². The largest absolute Gasteiger partial charge is 0.374 e. The maximum atomic E-state index is 5.72. The molecule has 1 heterocycles. The van der Waals surface area contributed by atoms with Gasteiger partial charge in [-0.1, -0.05) is 28.1 Å². The van der Waals surface area contributed by atoms with E-state index in [4.69, 9.17) is 4.74 Å². The van der Waals surface area contributed by atoms with Crippen molar-refractivity contribution in [2.75, 3.05) is 33.3 Å². The van der Waals surface area contributed by atoms with Crippen LogP contribution >= 0.6 is 15.9 Å². The zero-order valence-electron chi connectivity index (χ0n) is 11.1. The molecule has 4 heteroatoms. The fourth-order valence-corrected chi connectivity index (χ4v) is 2.84. The first-order chi connectivity index (χ1) is 8.65. The predicted octanol–water partition coefficient (Wildman–Crippen LogP) is 2.18. The monoisotopic (exact) mass is 312 g/mol. The van der Waals surface area contributed by atoms with E-state index in [1.165, 1.54) is 15.6 Å². The Morgan fingerprint density at radius 1 is 1.50 bits per heavy atom. The number of rotatable bonds is 4. The van der Waals surface area contributed by atoms with Gasteiger partial charge in [0, 0.05) is 30.7 Å². The summed E-state index contributed by atoms with van der Waals surface area (Å²) in [7, 11) is 2.14. The Kier molecular flexibility index (Phi) is 5.18. The molecule has 1 aliphatic rings. The highest BCUT2D eigenvalue weighted by Crippen LogP contribution is 2.19. The molecule has 0 aromatic heterocycles. The molecule has 1 aliphatic heterocycles. The summed E-state index contributed by atoms with van der Waals surface area (Å²) in [6, 6.07) is 6.52. The summed E-state index contributed by atoms with van der Waals surface area (Å²) in [5.74, 6) is 0. The maximum absolute atomic E-state index is 5.72. The van der Waals surface area contributed by atoms with Crippen molar-refractivity contribution in [3.63, 3.8) is 0 Å². The van der Waals surface area contributed by atoms with E-state index in [2.05, 4.69) is 58.3 Å². The van der Waals surface area contributed by atoms with Crippen LogP contribution in [-0.2, 0) is 11.3 Å². The molecule has 0 amide bonds. The molecular formula is C14H21BrN2O. The molecule has 0 radical (unpaired) electrons. The van der Waals surface area contributed by atoms with Crippen molar-refractivity contribution >= 4 is 15.9 Å². The third-order valence-corrected chi connectivity index (χ3v) is 3.91. The summed E-state index contributed by atoms with van der Waals surface area (Å²) in [6.07, 6.45) is 0.313. The molecule has 0 bridgehead atoms. The lowest BCUT2D eigenvalue weighted by atomic mass is 10.1. The Labute approximate surface area is 118 Å². The van der Waals surface area contributed by atoms with Gasteiger partial charge in [-0.05, 0) is 31.2 Å². The molecule has 1 saturated heterocycles. The summed E-state index contributed by atoms with van der Waals surface area (Å²) in [6.45, 7) is 6.78. The minimum absolute atomic E-state index is 0.313. The fraction of sp³-hybridized carbons (Fsp3) is 0.571. The number of hydrogen-bond donors (Lipinski definition) is 1. The number of nitrogens with zero attached hydrogens (tertiary/aromatic N) is 1. The molecule has 1 aromatic carbocycles. The van der Waals surface area contributed by atoms with Crippen LogP contribution in [0.5, 0.6) is 0 Å². The maximum Gasteiger partial charge on any atom is 0.0826 e. The standard InChI is InChI=1S/C14H21BrN2O/c1-11-3-4-12(14(15)7-11)9-17(2)10-13-8-16-5-6-18-13/h3-4,7,13,16H,5-6,8-10H2,1-2H3. The first kappa shape index (κ1) is 14.0. The highest BCUT2D eigenvalue weighted by atomic mass is 79.9. The van der Waals surface area contributed by atoms with Gasteiger partial charge in [-0.25, -0.2) is 0 Å². The first-order valence-corrected chi connectivity index (χ1v) is 7.20. The first-order valence-electron chi connectivity index (χ1n) is 6.41. The van der Waals surface area contributed by atoms with E-state index in [-0.39, 0.29) is 0 Å². The lowest BCUT2D eigenvalue weighted by molar-refractivity contribution is 0.00882. The molecule has 0 aliphatic carbocycles. The summed E-state index contributed by atoms with van der Waals surface area (Å²) >= 11 is 3.63. The molecule has 3 nitrogen and oxygen atoms in total. The number of nitrogens with one attached hydrogen (secondary N) is 1. The van der Waals surface area contributed by atoms with Gasteiger partial charge in [0.05, 0.1) is 12.7 Å². The van der Waals surface area contributed by atoms with Crippen LogP contribution in [0.15, 0.2) is 22.7 Å². The van der Waals surface area contributed by atoms with Gasteiger partial charge in [-0.15, -0.1) is 0 Å². The number of benzene rings is 1. The molecule has 1 atom stereocenters. The minimum Gasteiger partial charge on any atom is -0.374 e. The average molecular weight is 313 g/mol. The van der Waals surface area contributed by atoms with E-state index in [0.717, 1.165) is 32.8 Å². The number of hydrogen-bond acceptors (Lipinski definition) is 3. The number of morpholine rings is 1. The Balaban J connectivity index is 1.87. The van der Waals surface area contributed by atoms with Gasteiger partial charge in [0.2, 0.25) is 0 Å². The van der Waals surface area contributed by atoms with E-state index in [9.17, 15) is 0 Å². The van der Waals surface area contributed by atoms with Crippen molar-refractivity contribution < 1.29 is 4.74 Å². The van der Waals surface area contributed by atoms with E-state index in [1.54, 1.807) is 0 Å². The quantitative estimate of drug-likeness (QED) is 0.922. The van der Waals surface area contributed by atoms with Crippen molar-refractivity contribution in [1.29, 1.82) is 0 Å². The van der Waals surface area contributed by atoms with Gasteiger partial charge in [0.25, 0.3) is 0 Å². The summed E-state index contributed by atoms with van der Waals surface area (Å²) in [5.41, 5.74) is 2.61. The Morgan fingerprint density at radius 3 is 3.00 bits per heavy atom. The number of likely N-dealkylation sites (N-methyl/N-ethyl adjacent to an activating group) is 1. The zero-order valence-corrected chi connectivity index (χ0v) is 12.7. The van der Waals surface area contributed by atoms with Gasteiger partial charge in [-0.3, -0.25) is 4.90 Å². The van der Waals surface area contributed by atoms with E-state index >= 15 is 0 Å². The summed E-state index contributed by atoms with van der Waals surface area (Å²) < 4.78 is 6.91. The number of aryl methyl sites for hydroxylation is 1. The lowest BCUT2D eigenvalue weighted by Gasteiger charge is -2.28. The van der Waals surface area contributed by atoms with Crippen LogP contribution in [0.4, 0.5) is 0 Å². The molecule has 1 N–H and O–H groups in total. The van der Waals surface area contributed by atoms with Crippen molar-refractivity contribution in [3.8, 4) is 0 Å². The second-order valence-electron chi connectivity index (χ2n) is 4.99. The Morgan fingerprint density at radius 2 is 2.33 bits per heavy atom. The second kappa shape index (κ2) is 6.66. The molecule has 2 rings (SSSR count). The SMILES string of the molecule is Cc1ccc(CN(C)CC2CNCCO2)c(Br)c1. The van der Waals surface area contributed by atoms with E-state index in [0.29, 0.717) is 6.10 Å². The molecule has 1 aromatic rings. The number of halogens is 1. The molecule has 100 valence electrons. The van der Waals surface area contributed by atoms with Crippen molar-refractivity contribution in [1.82, 2.24) is 10.2 Å². The van der Waals surface area contributed by atoms with Crippen LogP contribution in [0, 0.1) is 6.92 Å². The molecule has 0 spiro atoms. The van der Waals surface area contributed by atoms with E-state index < -0.39 is 0 Å². The third kappa shape index (κ3) is 4.05. The third-order valence-electron chi connectivity index (χ3n) is 3.17. The fourth-order valence-electron chi connectivity index (χ4n) is 2.22. The lowest BCUT2D eigenvalue weighted by Crippen LogP contribution is -2.44. The topological polar surface area (TPSA) is 24.5 Å². The molecular weight excluding hydrogens is 292 g/mol. The highest BCUT2D eigenvalue weighted by molar-refractivity contribution is 9.10. The molecule has 0 saturated carbocycles. The summed E-state index contributed by atoms with van der Waals surface area (Å²) in [5, 5.41) is 3.36. The number of ether oxygens (including phenoxy) is 1. The van der Waals surface area contributed by atoms with Crippen LogP contribution in [0.3, 0.4) is 0 Å². The van der Waals surface area contributed by atoms with E-state index in [1.807, 2.05) is 0 Å². The normalized spacial score (nSPS) is 20.3. The Hall–Kier alpha value is -0.420. The van der Waals surface area contributed by atoms with Crippen molar-refractivity contribution in [2.24, 2.45) is 0 Å².